The van der Waals surface area contributed by atoms with Gasteiger partial charge >= 0.3 is 46.3 Å². The molecule has 79 valence electrons. The Bertz CT molecular complexity index is 17.8. The van der Waals surface area contributed by atoms with Crippen LogP contribution >= 0.6 is 0 Å². The van der Waals surface area contributed by atoms with Crippen LogP contribution in [0.1, 0.15) is 0 Å². The van der Waals surface area contributed by atoms with E-state index < -0.39 is 0 Å². The predicted molar refractivity (Wildman–Crippen MR) is 21.7 cm³/mol. The molecule has 1 radical (unpaired) electrons. The molecule has 0 aliphatic carbocycles. The minimum absolute atomic E-state index is 0. The van der Waals surface area contributed by atoms with Crippen molar-refractivity contribution in [3.8, 4) is 0 Å². The van der Waals surface area contributed by atoms with Crippen molar-refractivity contribution in [2.24, 2.45) is 0 Å². The fourth-order valence-electron chi connectivity index (χ4n) is 0. The van der Waals surface area contributed by atoms with Crippen LogP contribution in [0.3, 0.4) is 0 Å². The van der Waals surface area contributed by atoms with Crippen molar-refractivity contribution in [2.75, 3.05) is 0 Å². The Balaban J connectivity index is 0. The Kier molecular flexibility index (Phi) is 12700. The molecule has 0 fully saturated rings. The summed E-state index contributed by atoms with van der Waals surface area (Å²) in [7, 11) is 0. The zero-order valence-electron chi connectivity index (χ0n) is 5.47. The molecule has 0 spiro atoms. The fraction of sp³-hybridized carbons (Fsp3) is 0. The largest absolute Gasteiger partial charge is 2.00 e. The molecule has 0 aliphatic heterocycles. The van der Waals surface area contributed by atoms with E-state index in [1.54, 1.807) is 0 Å². The summed E-state index contributed by atoms with van der Waals surface area (Å²) in [6.45, 7) is 0. The van der Waals surface area contributed by atoms with Gasteiger partial charge in [-0.3, -0.25) is 0 Å². The van der Waals surface area contributed by atoms with Crippen molar-refractivity contribution in [1.82, 2.24) is 0 Å². The Morgan fingerprint density at radius 1 is 0.364 bits per heavy atom. The van der Waals surface area contributed by atoms with Crippen molar-refractivity contribution >= 4 is 0 Å². The normalized spacial score (nSPS) is 0. The van der Waals surface area contributed by atoms with Gasteiger partial charge in [0, 0.05) is 0 Å². The number of rotatable bonds is 0. The van der Waals surface area contributed by atoms with Gasteiger partial charge < -0.3 is 70.1 Å². The second-order valence-corrected chi connectivity index (χ2v) is 0. The van der Waals surface area contributed by atoms with Crippen molar-refractivity contribution in [3.05, 3.63) is 0 Å². The third-order valence-corrected chi connectivity index (χ3v) is 0. The molecule has 0 aliphatic rings. The summed E-state index contributed by atoms with van der Waals surface area (Å²) in [6, 6.07) is 0. The van der Waals surface area contributed by atoms with Crippen LogP contribution in [0, 0.1) is 0 Å². The molecular formula is H12Cl3CoNaO6. The monoisotopic (exact) mass is 295 g/mol. The van der Waals surface area contributed by atoms with Crippen LogP contribution in [0.5, 0.6) is 0 Å². The number of hydrogen-bond acceptors (Lipinski definition) is 0. The third kappa shape index (κ3) is 273. The van der Waals surface area contributed by atoms with Gasteiger partial charge in [-0.1, -0.05) is 0 Å². The first kappa shape index (κ1) is 424. The van der Waals surface area contributed by atoms with Crippen LogP contribution in [0.4, 0.5) is 0 Å². The molecule has 0 saturated heterocycles. The molecule has 11 heavy (non-hydrogen) atoms. The summed E-state index contributed by atoms with van der Waals surface area (Å²) >= 11 is 0. The van der Waals surface area contributed by atoms with E-state index in [0.717, 1.165) is 0 Å². The second-order valence-electron chi connectivity index (χ2n) is 0. The topological polar surface area (TPSA) is 189 Å². The van der Waals surface area contributed by atoms with Gasteiger partial charge in [-0.2, -0.15) is 0 Å². The number of hydrogen-bond donors (Lipinski definition) is 0. The average molecular weight is 296 g/mol. The molecule has 0 unspecified atom stereocenters. The van der Waals surface area contributed by atoms with Gasteiger partial charge in [-0.25, -0.2) is 0 Å². The van der Waals surface area contributed by atoms with Gasteiger partial charge in [0.05, 0.1) is 0 Å². The molecule has 0 saturated carbocycles. The molecule has 6 nitrogen and oxygen atoms in total. The van der Waals surface area contributed by atoms with E-state index in [1.165, 1.54) is 0 Å². The van der Waals surface area contributed by atoms with Crippen molar-refractivity contribution in [1.29, 1.82) is 0 Å². The van der Waals surface area contributed by atoms with Crippen molar-refractivity contribution in [2.45, 2.75) is 0 Å². The maximum Gasteiger partial charge on any atom is 2.00 e. The fourth-order valence-corrected chi connectivity index (χ4v) is 0. The van der Waals surface area contributed by atoms with E-state index in [4.69, 9.17) is 0 Å². The zero-order valence-corrected chi connectivity index (χ0v) is 10.8. The first-order valence-corrected chi connectivity index (χ1v) is 0. The second kappa shape index (κ2) is 330. The third-order valence-electron chi connectivity index (χ3n) is 0. The molecule has 0 bridgehead atoms. The molecule has 0 aromatic carbocycles. The van der Waals surface area contributed by atoms with Crippen molar-refractivity contribution < 1.29 is 116 Å². The molecule has 0 rings (SSSR count). The molecule has 0 amide bonds. The Hall–Kier alpha value is 2.14. The molecule has 0 heterocycles. The quantitative estimate of drug-likeness (QED) is 0.384. The maximum absolute atomic E-state index is 0. The van der Waals surface area contributed by atoms with E-state index in [9.17, 15) is 0 Å². The molecule has 0 atom stereocenters. The van der Waals surface area contributed by atoms with Crippen LogP contribution in [-0.4, -0.2) is 32.9 Å². The minimum atomic E-state index is 0. The maximum atomic E-state index is 0. The van der Waals surface area contributed by atoms with Gasteiger partial charge in [0.2, 0.25) is 0 Å². The van der Waals surface area contributed by atoms with Gasteiger partial charge in [0.25, 0.3) is 0 Å². The summed E-state index contributed by atoms with van der Waals surface area (Å²) in [5.41, 5.74) is 0. The minimum Gasteiger partial charge on any atom is -1.00 e. The van der Waals surface area contributed by atoms with E-state index in [2.05, 4.69) is 0 Å². The SMILES string of the molecule is O.O.O.O.O.O.[Cl-].[Cl-].[Cl-].[Co+2].[Na+]. The van der Waals surface area contributed by atoms with E-state index in [0.29, 0.717) is 0 Å². The van der Waals surface area contributed by atoms with Gasteiger partial charge in [-0.05, 0) is 0 Å². The number of halogens is 3. The summed E-state index contributed by atoms with van der Waals surface area (Å²) < 4.78 is 0. The van der Waals surface area contributed by atoms with Gasteiger partial charge in [0.15, 0.2) is 0 Å². The van der Waals surface area contributed by atoms with Crippen LogP contribution in [0.15, 0.2) is 0 Å². The first-order valence-electron chi connectivity index (χ1n) is 0. The van der Waals surface area contributed by atoms with Gasteiger partial charge in [0.1, 0.15) is 0 Å². The molecule has 0 aromatic heterocycles. The van der Waals surface area contributed by atoms with E-state index in [-0.39, 0.29) is 116 Å². The average Bonchev–Trinajstić information content (AvgIpc) is 0. The molecule has 0 aromatic rings. The Morgan fingerprint density at radius 2 is 0.364 bits per heavy atom. The summed E-state index contributed by atoms with van der Waals surface area (Å²) in [6.07, 6.45) is 0. The molecule has 11 heteroatoms. The van der Waals surface area contributed by atoms with Crippen LogP contribution in [0.2, 0.25) is 0 Å². The van der Waals surface area contributed by atoms with Crippen molar-refractivity contribution in [3.63, 3.8) is 0 Å². The van der Waals surface area contributed by atoms with E-state index >= 15 is 0 Å². The molecular weight excluding hydrogens is 284 g/mol. The smallest absolute Gasteiger partial charge is 1.00 e. The zero-order chi connectivity index (χ0) is 0. The molecule has 12 N–H and O–H groups in total. The Labute approximate surface area is 115 Å². The van der Waals surface area contributed by atoms with Crippen LogP contribution in [-0.2, 0) is 16.8 Å². The summed E-state index contributed by atoms with van der Waals surface area (Å²) in [5, 5.41) is 0. The van der Waals surface area contributed by atoms with E-state index in [1.807, 2.05) is 0 Å². The predicted octanol–water partition coefficient (Wildman–Crippen LogP) is -16.9. The summed E-state index contributed by atoms with van der Waals surface area (Å²) in [5.74, 6) is 0. The standard InChI is InChI=1S/3ClH.Co.Na.6H2O/h3*1H;;;6*1H2/q;;;+2;+1;;;;;;/p-3. The van der Waals surface area contributed by atoms with Gasteiger partial charge in [-0.15, -0.1) is 0 Å². The first-order chi connectivity index (χ1) is 0. The van der Waals surface area contributed by atoms with Crippen LogP contribution in [0.25, 0.3) is 0 Å². The Morgan fingerprint density at radius 3 is 0.364 bits per heavy atom. The summed E-state index contributed by atoms with van der Waals surface area (Å²) in [4.78, 5) is 0. The van der Waals surface area contributed by atoms with Crippen LogP contribution < -0.4 is 66.8 Å².